The second-order valence-electron chi connectivity index (χ2n) is 6.55. The molecule has 0 aliphatic carbocycles. The molecule has 1 amide bonds. The molecule has 0 saturated heterocycles. The van der Waals surface area contributed by atoms with Crippen LogP contribution in [-0.4, -0.2) is 44.4 Å². The number of amides is 1. The SMILES string of the molecule is CN(CC(=O)NCc1cc([N+](=O)[O-])ccc1O)Cc1nc2ccccc2c(=O)[nH]1. The van der Waals surface area contributed by atoms with Gasteiger partial charge >= 0.3 is 0 Å². The third-order valence-corrected chi connectivity index (χ3v) is 4.25. The zero-order valence-corrected chi connectivity index (χ0v) is 15.6. The number of nitrogens with zero attached hydrogens (tertiary/aromatic N) is 3. The number of likely N-dealkylation sites (N-methyl/N-ethyl adjacent to an activating group) is 1. The number of aromatic nitrogens is 2. The maximum absolute atomic E-state index is 12.2. The predicted molar refractivity (Wildman–Crippen MR) is 105 cm³/mol. The van der Waals surface area contributed by atoms with Crippen LogP contribution >= 0.6 is 0 Å². The summed E-state index contributed by atoms with van der Waals surface area (Å²) in [5.41, 5.74) is 0.404. The highest BCUT2D eigenvalue weighted by atomic mass is 16.6. The van der Waals surface area contributed by atoms with Crippen molar-refractivity contribution >= 4 is 22.5 Å². The van der Waals surface area contributed by atoms with Crippen molar-refractivity contribution in [3.8, 4) is 5.75 Å². The van der Waals surface area contributed by atoms with Crippen LogP contribution in [0, 0.1) is 10.1 Å². The van der Waals surface area contributed by atoms with Gasteiger partial charge in [0, 0.05) is 24.2 Å². The molecule has 0 aliphatic rings. The summed E-state index contributed by atoms with van der Waals surface area (Å²) < 4.78 is 0. The van der Waals surface area contributed by atoms with E-state index in [1.54, 1.807) is 36.2 Å². The minimum atomic E-state index is -0.574. The topological polar surface area (TPSA) is 141 Å². The van der Waals surface area contributed by atoms with E-state index in [1.807, 2.05) is 0 Å². The van der Waals surface area contributed by atoms with Crippen LogP contribution in [0.4, 0.5) is 5.69 Å². The summed E-state index contributed by atoms with van der Waals surface area (Å²) in [6.45, 7) is 0.201. The Morgan fingerprint density at radius 2 is 2.07 bits per heavy atom. The smallest absolute Gasteiger partial charge is 0.270 e. The number of phenols is 1. The van der Waals surface area contributed by atoms with Crippen molar-refractivity contribution in [1.29, 1.82) is 0 Å². The van der Waals surface area contributed by atoms with Crippen LogP contribution in [0.1, 0.15) is 11.4 Å². The Morgan fingerprint density at radius 1 is 1.31 bits per heavy atom. The monoisotopic (exact) mass is 397 g/mol. The minimum absolute atomic E-state index is 0.00618. The molecule has 0 radical (unpaired) electrons. The number of aromatic amines is 1. The number of nitro benzene ring substituents is 1. The fourth-order valence-electron chi connectivity index (χ4n) is 2.84. The van der Waals surface area contributed by atoms with Crippen LogP contribution in [0.15, 0.2) is 47.3 Å². The fraction of sp³-hybridized carbons (Fsp3) is 0.211. The molecule has 1 aromatic heterocycles. The van der Waals surface area contributed by atoms with E-state index in [4.69, 9.17) is 0 Å². The van der Waals surface area contributed by atoms with Crippen molar-refractivity contribution < 1.29 is 14.8 Å². The molecule has 0 atom stereocenters. The Bertz CT molecular complexity index is 1130. The van der Waals surface area contributed by atoms with E-state index in [2.05, 4.69) is 15.3 Å². The number of nitro groups is 1. The number of H-pyrrole nitrogens is 1. The van der Waals surface area contributed by atoms with Gasteiger partial charge in [-0.25, -0.2) is 4.98 Å². The number of fused-ring (bicyclic) bond motifs is 1. The molecule has 3 rings (SSSR count). The van der Waals surface area contributed by atoms with Crippen LogP contribution in [0.2, 0.25) is 0 Å². The van der Waals surface area contributed by atoms with Gasteiger partial charge in [0.05, 0.1) is 28.9 Å². The van der Waals surface area contributed by atoms with Crippen LogP contribution in [-0.2, 0) is 17.9 Å². The highest BCUT2D eigenvalue weighted by molar-refractivity contribution is 5.78. The van der Waals surface area contributed by atoms with Gasteiger partial charge in [-0.05, 0) is 25.2 Å². The number of nitrogens with one attached hydrogen (secondary N) is 2. The summed E-state index contributed by atoms with van der Waals surface area (Å²) >= 11 is 0. The molecule has 10 nitrogen and oxygen atoms in total. The Labute approximate surface area is 165 Å². The van der Waals surface area contributed by atoms with Gasteiger partial charge in [0.2, 0.25) is 5.91 Å². The average molecular weight is 397 g/mol. The lowest BCUT2D eigenvalue weighted by atomic mass is 10.2. The second kappa shape index (κ2) is 8.48. The molecule has 1 heterocycles. The maximum Gasteiger partial charge on any atom is 0.270 e. The number of para-hydroxylation sites is 1. The standard InChI is InChI=1S/C19H19N5O5/c1-23(10-17-21-15-5-3-2-4-14(15)19(27)22-17)11-18(26)20-9-12-8-13(24(28)29)6-7-16(12)25/h2-8,25H,9-11H2,1H3,(H,20,26)(H,21,22,27). The van der Waals surface area contributed by atoms with Crippen LogP contribution < -0.4 is 10.9 Å². The number of phenolic OH excluding ortho intramolecular Hbond substituents is 1. The predicted octanol–water partition coefficient (Wildman–Crippen LogP) is 1.29. The lowest BCUT2D eigenvalue weighted by Crippen LogP contribution is -2.35. The molecule has 3 aromatic rings. The normalized spacial score (nSPS) is 11.0. The van der Waals surface area contributed by atoms with Crippen LogP contribution in [0.25, 0.3) is 10.9 Å². The molecule has 0 aliphatic heterocycles. The van der Waals surface area contributed by atoms with Gasteiger partial charge in [0.25, 0.3) is 11.2 Å². The number of rotatable bonds is 7. The first-order chi connectivity index (χ1) is 13.8. The van der Waals surface area contributed by atoms with E-state index in [-0.39, 0.29) is 48.1 Å². The van der Waals surface area contributed by atoms with Crippen molar-refractivity contribution in [3.63, 3.8) is 0 Å². The molecule has 10 heteroatoms. The van der Waals surface area contributed by atoms with Gasteiger partial charge in [-0.2, -0.15) is 0 Å². The number of carbonyl (C=O) groups excluding carboxylic acids is 1. The first kappa shape index (κ1) is 20.0. The number of carbonyl (C=O) groups is 1. The van der Waals surface area contributed by atoms with E-state index in [0.29, 0.717) is 16.7 Å². The molecule has 0 bridgehead atoms. The second-order valence-corrected chi connectivity index (χ2v) is 6.55. The van der Waals surface area contributed by atoms with Crippen LogP contribution in [0.5, 0.6) is 5.75 Å². The van der Waals surface area contributed by atoms with Gasteiger partial charge in [0.15, 0.2) is 0 Å². The highest BCUT2D eigenvalue weighted by Crippen LogP contribution is 2.22. The Balaban J connectivity index is 1.59. The fourth-order valence-corrected chi connectivity index (χ4v) is 2.84. The van der Waals surface area contributed by atoms with E-state index < -0.39 is 4.92 Å². The van der Waals surface area contributed by atoms with E-state index in [1.165, 1.54) is 18.2 Å². The van der Waals surface area contributed by atoms with Crippen molar-refractivity contribution in [1.82, 2.24) is 20.2 Å². The zero-order valence-electron chi connectivity index (χ0n) is 15.6. The van der Waals surface area contributed by atoms with Crippen LogP contribution in [0.3, 0.4) is 0 Å². The zero-order chi connectivity index (χ0) is 21.0. The maximum atomic E-state index is 12.2. The summed E-state index contributed by atoms with van der Waals surface area (Å²) in [6.07, 6.45) is 0. The van der Waals surface area contributed by atoms with E-state index in [0.717, 1.165) is 0 Å². The first-order valence-electron chi connectivity index (χ1n) is 8.73. The number of hydrogen-bond donors (Lipinski definition) is 3. The summed E-state index contributed by atoms with van der Waals surface area (Å²) in [6, 6.07) is 10.6. The van der Waals surface area contributed by atoms with Gasteiger partial charge in [-0.3, -0.25) is 24.6 Å². The lowest BCUT2D eigenvalue weighted by Gasteiger charge is -2.16. The minimum Gasteiger partial charge on any atom is -0.508 e. The number of non-ortho nitro benzene ring substituents is 1. The Morgan fingerprint density at radius 3 is 2.83 bits per heavy atom. The first-order valence-corrected chi connectivity index (χ1v) is 8.73. The summed E-state index contributed by atoms with van der Waals surface area (Å²) in [5, 5.41) is 23.7. The molecule has 2 aromatic carbocycles. The van der Waals surface area contributed by atoms with Crippen molar-refractivity contribution in [3.05, 3.63) is 74.3 Å². The quantitative estimate of drug-likeness (QED) is 0.403. The highest BCUT2D eigenvalue weighted by Gasteiger charge is 2.13. The van der Waals surface area contributed by atoms with Gasteiger partial charge in [0.1, 0.15) is 11.6 Å². The summed E-state index contributed by atoms with van der Waals surface area (Å²) in [7, 11) is 1.69. The Kier molecular flexibility index (Phi) is 5.84. The molecule has 0 unspecified atom stereocenters. The molecule has 150 valence electrons. The molecule has 3 N–H and O–H groups in total. The third kappa shape index (κ3) is 4.93. The Hall–Kier alpha value is -3.79. The van der Waals surface area contributed by atoms with Gasteiger partial charge < -0.3 is 15.4 Å². The van der Waals surface area contributed by atoms with E-state index >= 15 is 0 Å². The summed E-state index contributed by atoms with van der Waals surface area (Å²) in [5.74, 6) is -0.0518. The molecule has 29 heavy (non-hydrogen) atoms. The molecular weight excluding hydrogens is 378 g/mol. The largest absolute Gasteiger partial charge is 0.508 e. The third-order valence-electron chi connectivity index (χ3n) is 4.25. The molecule has 0 spiro atoms. The molecule has 0 fully saturated rings. The van der Waals surface area contributed by atoms with Crippen molar-refractivity contribution in [2.24, 2.45) is 0 Å². The van der Waals surface area contributed by atoms with Crippen molar-refractivity contribution in [2.75, 3.05) is 13.6 Å². The van der Waals surface area contributed by atoms with Gasteiger partial charge in [-0.15, -0.1) is 0 Å². The van der Waals surface area contributed by atoms with Gasteiger partial charge in [-0.1, -0.05) is 12.1 Å². The number of hydrogen-bond acceptors (Lipinski definition) is 7. The number of aromatic hydroxyl groups is 1. The summed E-state index contributed by atoms with van der Waals surface area (Å²) in [4.78, 5) is 43.3. The average Bonchev–Trinajstić information content (AvgIpc) is 2.67. The molecular formula is C19H19N5O5. The lowest BCUT2D eigenvalue weighted by molar-refractivity contribution is -0.384. The van der Waals surface area contributed by atoms with E-state index in [9.17, 15) is 24.8 Å². The van der Waals surface area contributed by atoms with Crippen molar-refractivity contribution in [2.45, 2.75) is 13.1 Å². The number of benzene rings is 2. The molecule has 0 saturated carbocycles.